The van der Waals surface area contributed by atoms with E-state index in [1.807, 2.05) is 18.2 Å². The van der Waals surface area contributed by atoms with Gasteiger partial charge < -0.3 is 10.6 Å². The molecule has 2 heterocycles. The molecule has 25 heavy (non-hydrogen) atoms. The van der Waals surface area contributed by atoms with E-state index < -0.39 is 0 Å². The van der Waals surface area contributed by atoms with Crippen LogP contribution in [0.5, 0.6) is 0 Å². The molecule has 1 saturated carbocycles. The lowest BCUT2D eigenvalue weighted by Gasteiger charge is -2.26. The lowest BCUT2D eigenvalue weighted by Crippen LogP contribution is -2.46. The topological polar surface area (TPSA) is 95.2 Å². The Morgan fingerprint density at radius 1 is 1.12 bits per heavy atom. The first kappa shape index (κ1) is 17.8. The van der Waals surface area contributed by atoms with Gasteiger partial charge in [0.1, 0.15) is 6.04 Å². The molecule has 1 aliphatic carbocycles. The fourth-order valence-electron chi connectivity index (χ4n) is 3.68. The number of carbonyl (C=O) groups excluding carboxylic acids is 2. The van der Waals surface area contributed by atoms with Gasteiger partial charge in [0.2, 0.25) is 11.8 Å². The molecule has 7 nitrogen and oxygen atoms in total. The molecule has 3 unspecified atom stereocenters. The molecule has 2 aliphatic rings. The smallest absolute Gasteiger partial charge is 0.238 e. The van der Waals surface area contributed by atoms with Crippen LogP contribution in [-0.4, -0.2) is 42.0 Å². The zero-order valence-electron chi connectivity index (χ0n) is 14.5. The second kappa shape index (κ2) is 8.92. The summed E-state index contributed by atoms with van der Waals surface area (Å²) < 4.78 is 0. The first-order chi connectivity index (χ1) is 12.2. The van der Waals surface area contributed by atoms with E-state index in [0.29, 0.717) is 37.9 Å². The summed E-state index contributed by atoms with van der Waals surface area (Å²) >= 11 is 0. The molecule has 2 fully saturated rings. The van der Waals surface area contributed by atoms with Crippen molar-refractivity contribution in [3.63, 3.8) is 0 Å². The number of hydrogen-bond acceptors (Lipinski definition) is 5. The highest BCUT2D eigenvalue weighted by Gasteiger charge is 2.40. The van der Waals surface area contributed by atoms with Crippen molar-refractivity contribution in [2.24, 2.45) is 5.92 Å². The Bertz CT molecular complexity index is 580. The highest BCUT2D eigenvalue weighted by Crippen LogP contribution is 2.29. The fourth-order valence-corrected chi connectivity index (χ4v) is 3.68. The third kappa shape index (κ3) is 4.99. The standard InChI is InChI=1S/C18H27N5O2/c24-16(20-11-8-13-5-3-4-10-19-13)9-12-21-18(25)17-14-6-1-2-7-15(14)22-23-17/h3-5,10,14-15,17,22-23H,1-2,6-9,11-12H2,(H,20,24)(H,21,25). The Morgan fingerprint density at radius 3 is 2.84 bits per heavy atom. The Labute approximate surface area is 148 Å². The number of hydrogen-bond donors (Lipinski definition) is 4. The largest absolute Gasteiger partial charge is 0.356 e. The van der Waals surface area contributed by atoms with Crippen LogP contribution in [0.25, 0.3) is 0 Å². The number of nitrogens with one attached hydrogen (secondary N) is 4. The molecule has 1 saturated heterocycles. The number of pyridine rings is 1. The van der Waals surface area contributed by atoms with Crippen molar-refractivity contribution >= 4 is 11.8 Å². The molecule has 3 atom stereocenters. The SMILES string of the molecule is O=C(CCNC(=O)C1NNC2CCCCC21)NCCc1ccccn1. The molecule has 0 spiro atoms. The monoisotopic (exact) mass is 345 g/mol. The minimum atomic E-state index is -0.183. The van der Waals surface area contributed by atoms with Gasteiger partial charge in [-0.15, -0.1) is 0 Å². The normalized spacial score (nSPS) is 25.2. The molecule has 0 aromatic carbocycles. The van der Waals surface area contributed by atoms with Crippen molar-refractivity contribution in [2.75, 3.05) is 13.1 Å². The van der Waals surface area contributed by atoms with Crippen molar-refractivity contribution in [1.29, 1.82) is 0 Å². The molecule has 0 bridgehead atoms. The fraction of sp³-hybridized carbons (Fsp3) is 0.611. The molecule has 0 radical (unpaired) electrons. The summed E-state index contributed by atoms with van der Waals surface area (Å²) in [7, 11) is 0. The van der Waals surface area contributed by atoms with Crippen molar-refractivity contribution in [2.45, 2.75) is 50.6 Å². The van der Waals surface area contributed by atoms with Gasteiger partial charge >= 0.3 is 0 Å². The average Bonchev–Trinajstić information content (AvgIpc) is 3.07. The first-order valence-electron chi connectivity index (χ1n) is 9.19. The van der Waals surface area contributed by atoms with Crippen LogP contribution in [0.15, 0.2) is 24.4 Å². The van der Waals surface area contributed by atoms with Crippen LogP contribution >= 0.6 is 0 Å². The molecular weight excluding hydrogens is 318 g/mol. The lowest BCUT2D eigenvalue weighted by molar-refractivity contribution is -0.124. The van der Waals surface area contributed by atoms with Crippen LogP contribution < -0.4 is 21.5 Å². The number of nitrogens with zero attached hydrogens (tertiary/aromatic N) is 1. The summed E-state index contributed by atoms with van der Waals surface area (Å²) in [6.45, 7) is 0.922. The van der Waals surface area contributed by atoms with Gasteiger partial charge in [-0.1, -0.05) is 18.9 Å². The molecular formula is C18H27N5O2. The van der Waals surface area contributed by atoms with Gasteiger partial charge in [0.25, 0.3) is 0 Å². The zero-order valence-corrected chi connectivity index (χ0v) is 14.5. The van der Waals surface area contributed by atoms with Gasteiger partial charge in [-0.3, -0.25) is 20.0 Å². The highest BCUT2D eigenvalue weighted by molar-refractivity contribution is 5.83. The molecule has 136 valence electrons. The predicted molar refractivity (Wildman–Crippen MR) is 94.4 cm³/mol. The quantitative estimate of drug-likeness (QED) is 0.569. The van der Waals surface area contributed by atoms with Crippen LogP contribution in [-0.2, 0) is 16.0 Å². The van der Waals surface area contributed by atoms with E-state index in [0.717, 1.165) is 18.5 Å². The Balaban J connectivity index is 1.31. The number of amides is 2. The van der Waals surface area contributed by atoms with E-state index in [1.165, 1.54) is 12.8 Å². The summed E-state index contributed by atoms with van der Waals surface area (Å²) in [6, 6.07) is 5.96. The van der Waals surface area contributed by atoms with Gasteiger partial charge in [-0.05, 0) is 25.0 Å². The van der Waals surface area contributed by atoms with Crippen LogP contribution in [0, 0.1) is 5.92 Å². The molecule has 3 rings (SSSR count). The third-order valence-corrected chi connectivity index (χ3v) is 5.04. The first-order valence-corrected chi connectivity index (χ1v) is 9.19. The van der Waals surface area contributed by atoms with Gasteiger partial charge in [0, 0.05) is 49.8 Å². The van der Waals surface area contributed by atoms with E-state index in [1.54, 1.807) is 6.20 Å². The van der Waals surface area contributed by atoms with Gasteiger partial charge in [-0.25, -0.2) is 5.43 Å². The number of hydrazine groups is 1. The number of fused-ring (bicyclic) bond motifs is 1. The van der Waals surface area contributed by atoms with Crippen LogP contribution in [0.1, 0.15) is 37.8 Å². The maximum Gasteiger partial charge on any atom is 0.238 e. The second-order valence-electron chi connectivity index (χ2n) is 6.78. The van der Waals surface area contributed by atoms with Crippen LogP contribution in [0.2, 0.25) is 0 Å². The predicted octanol–water partition coefficient (Wildman–Crippen LogP) is 0.282. The number of carbonyl (C=O) groups is 2. The van der Waals surface area contributed by atoms with Gasteiger partial charge in [0.15, 0.2) is 0 Å². The summed E-state index contributed by atoms with van der Waals surface area (Å²) in [5, 5.41) is 5.74. The third-order valence-electron chi connectivity index (χ3n) is 5.04. The zero-order chi connectivity index (χ0) is 17.5. The maximum atomic E-state index is 12.3. The Morgan fingerprint density at radius 2 is 2.00 bits per heavy atom. The molecule has 7 heteroatoms. The van der Waals surface area contributed by atoms with Crippen molar-refractivity contribution in [3.05, 3.63) is 30.1 Å². The van der Waals surface area contributed by atoms with E-state index in [4.69, 9.17) is 0 Å². The number of aromatic nitrogens is 1. The number of rotatable bonds is 7. The van der Waals surface area contributed by atoms with Crippen LogP contribution in [0.3, 0.4) is 0 Å². The lowest BCUT2D eigenvalue weighted by atomic mass is 9.81. The summed E-state index contributed by atoms with van der Waals surface area (Å²) in [6.07, 6.45) is 7.37. The van der Waals surface area contributed by atoms with Gasteiger partial charge in [0.05, 0.1) is 0 Å². The second-order valence-corrected chi connectivity index (χ2v) is 6.78. The molecule has 4 N–H and O–H groups in total. The van der Waals surface area contributed by atoms with E-state index in [2.05, 4.69) is 26.5 Å². The molecule has 1 aliphatic heterocycles. The van der Waals surface area contributed by atoms with E-state index >= 15 is 0 Å². The average molecular weight is 345 g/mol. The van der Waals surface area contributed by atoms with Crippen molar-refractivity contribution < 1.29 is 9.59 Å². The maximum absolute atomic E-state index is 12.3. The van der Waals surface area contributed by atoms with E-state index in [9.17, 15) is 9.59 Å². The highest BCUT2D eigenvalue weighted by atomic mass is 16.2. The van der Waals surface area contributed by atoms with Gasteiger partial charge in [-0.2, -0.15) is 0 Å². The minimum absolute atomic E-state index is 0.0109. The molecule has 1 aromatic heterocycles. The summed E-state index contributed by atoms with van der Waals surface area (Å²) in [5.41, 5.74) is 7.31. The minimum Gasteiger partial charge on any atom is -0.356 e. The Kier molecular flexibility index (Phi) is 6.36. The van der Waals surface area contributed by atoms with Crippen LogP contribution in [0.4, 0.5) is 0 Å². The molecule has 1 aromatic rings. The van der Waals surface area contributed by atoms with E-state index in [-0.39, 0.29) is 17.9 Å². The van der Waals surface area contributed by atoms with Crippen molar-refractivity contribution in [3.8, 4) is 0 Å². The summed E-state index contributed by atoms with van der Waals surface area (Å²) in [5.74, 6) is 0.299. The van der Waals surface area contributed by atoms with Crippen molar-refractivity contribution in [1.82, 2.24) is 26.5 Å². The summed E-state index contributed by atoms with van der Waals surface area (Å²) in [4.78, 5) is 28.4. The Hall–Kier alpha value is -1.99. The molecule has 2 amide bonds.